The summed E-state index contributed by atoms with van der Waals surface area (Å²) in [5, 5.41) is 2.02. The maximum atomic E-state index is 13.1. The summed E-state index contributed by atoms with van der Waals surface area (Å²) in [4.78, 5) is 36.9. The van der Waals surface area contributed by atoms with Gasteiger partial charge < -0.3 is 10.2 Å². The predicted octanol–water partition coefficient (Wildman–Crippen LogP) is 0.480. The Kier molecular flexibility index (Phi) is 4.81. The minimum atomic E-state index is -0.410. The van der Waals surface area contributed by atoms with Gasteiger partial charge in [0.25, 0.3) is 5.91 Å². The van der Waals surface area contributed by atoms with Crippen LogP contribution < -0.4 is 15.1 Å². The second kappa shape index (κ2) is 7.40. The Balaban J connectivity index is 1.36. The standard InChI is InChI=1S/C19H20FN5O2/c20-13-2-4-15(5-3-13)25-17(26)12-16(18(25)27)23-14-6-10-24(11-7-14)19-21-8-1-9-22-19/h1-5,8-9,14,16,23H,6-7,10-12H2/p+1/t16-/m0/s1. The zero-order valence-corrected chi connectivity index (χ0v) is 14.8. The van der Waals surface area contributed by atoms with Gasteiger partial charge in [-0.1, -0.05) is 0 Å². The first-order chi connectivity index (χ1) is 13.1. The number of rotatable bonds is 4. The minimum absolute atomic E-state index is 0.179. The van der Waals surface area contributed by atoms with Crippen LogP contribution in [0.3, 0.4) is 0 Å². The number of carbonyl (C=O) groups is 2. The molecule has 0 radical (unpaired) electrons. The molecule has 2 N–H and O–H groups in total. The van der Waals surface area contributed by atoms with Gasteiger partial charge in [-0.3, -0.25) is 9.59 Å². The lowest BCUT2D eigenvalue weighted by molar-refractivity contribution is -0.709. The number of aromatic nitrogens is 2. The number of nitrogens with zero attached hydrogens (tertiary/aromatic N) is 4. The van der Waals surface area contributed by atoms with Crippen molar-refractivity contribution in [2.75, 3.05) is 22.9 Å². The summed E-state index contributed by atoms with van der Waals surface area (Å²) < 4.78 is 13.1. The van der Waals surface area contributed by atoms with Crippen LogP contribution in [0.25, 0.3) is 0 Å². The molecule has 0 unspecified atom stereocenters. The molecule has 2 aliphatic rings. The molecule has 2 aromatic rings. The van der Waals surface area contributed by atoms with E-state index in [1.165, 1.54) is 29.2 Å². The van der Waals surface area contributed by atoms with Gasteiger partial charge in [0.2, 0.25) is 11.9 Å². The summed E-state index contributed by atoms with van der Waals surface area (Å²) in [6.07, 6.45) is 5.43. The summed E-state index contributed by atoms with van der Waals surface area (Å²) >= 11 is 0. The first kappa shape index (κ1) is 17.5. The van der Waals surface area contributed by atoms with Crippen molar-refractivity contribution in [3.63, 3.8) is 0 Å². The Morgan fingerprint density at radius 2 is 1.70 bits per heavy atom. The summed E-state index contributed by atoms with van der Waals surface area (Å²) in [5.41, 5.74) is 0.429. The number of hydrogen-bond donors (Lipinski definition) is 1. The molecule has 8 heteroatoms. The van der Waals surface area contributed by atoms with Crippen molar-refractivity contribution in [2.45, 2.75) is 31.3 Å². The van der Waals surface area contributed by atoms with E-state index in [0.717, 1.165) is 31.9 Å². The first-order valence-electron chi connectivity index (χ1n) is 9.11. The van der Waals surface area contributed by atoms with Crippen LogP contribution >= 0.6 is 0 Å². The third kappa shape index (κ3) is 3.66. The Bertz CT molecular complexity index is 822. The molecule has 140 valence electrons. The van der Waals surface area contributed by atoms with Gasteiger partial charge in [-0.05, 0) is 30.3 Å². The van der Waals surface area contributed by atoms with E-state index in [1.54, 1.807) is 18.5 Å². The summed E-state index contributed by atoms with van der Waals surface area (Å²) in [7, 11) is 0. The molecule has 0 saturated carbocycles. The van der Waals surface area contributed by atoms with Crippen LogP contribution in [0, 0.1) is 5.82 Å². The number of anilines is 2. The third-order valence-corrected chi connectivity index (χ3v) is 5.15. The highest BCUT2D eigenvalue weighted by molar-refractivity contribution is 6.21. The molecule has 2 saturated heterocycles. The molecule has 2 amide bonds. The van der Waals surface area contributed by atoms with E-state index >= 15 is 0 Å². The van der Waals surface area contributed by atoms with E-state index in [2.05, 4.69) is 14.9 Å². The van der Waals surface area contributed by atoms with Gasteiger partial charge in [0, 0.05) is 38.3 Å². The third-order valence-electron chi connectivity index (χ3n) is 5.15. The van der Waals surface area contributed by atoms with E-state index in [9.17, 15) is 14.0 Å². The molecule has 1 aromatic heterocycles. The van der Waals surface area contributed by atoms with Gasteiger partial charge in [0.15, 0.2) is 6.04 Å². The van der Waals surface area contributed by atoms with Gasteiger partial charge in [-0.2, -0.15) is 0 Å². The van der Waals surface area contributed by atoms with Crippen molar-refractivity contribution in [1.82, 2.24) is 9.97 Å². The number of quaternary nitrogens is 1. The molecular weight excluding hydrogens is 349 g/mol. The highest BCUT2D eigenvalue weighted by Crippen LogP contribution is 2.22. The number of nitrogens with two attached hydrogens (primary N) is 1. The lowest BCUT2D eigenvalue weighted by Gasteiger charge is -2.31. The van der Waals surface area contributed by atoms with Crippen LogP contribution in [0.4, 0.5) is 16.0 Å². The number of hydrogen-bond acceptors (Lipinski definition) is 5. The fourth-order valence-electron chi connectivity index (χ4n) is 3.74. The van der Waals surface area contributed by atoms with Crippen molar-refractivity contribution in [3.05, 3.63) is 48.5 Å². The zero-order valence-electron chi connectivity index (χ0n) is 14.8. The van der Waals surface area contributed by atoms with Crippen molar-refractivity contribution < 1.29 is 19.3 Å². The van der Waals surface area contributed by atoms with Crippen LogP contribution in [-0.2, 0) is 9.59 Å². The molecule has 0 aliphatic carbocycles. The van der Waals surface area contributed by atoms with Crippen molar-refractivity contribution in [1.29, 1.82) is 0 Å². The molecule has 27 heavy (non-hydrogen) atoms. The molecule has 0 spiro atoms. The maximum Gasteiger partial charge on any atom is 0.292 e. The topological polar surface area (TPSA) is 83.0 Å². The lowest BCUT2D eigenvalue weighted by Crippen LogP contribution is -2.97. The highest BCUT2D eigenvalue weighted by Gasteiger charge is 2.43. The van der Waals surface area contributed by atoms with E-state index < -0.39 is 11.9 Å². The smallest absolute Gasteiger partial charge is 0.292 e. The van der Waals surface area contributed by atoms with Gasteiger partial charge in [0.1, 0.15) is 5.82 Å². The minimum Gasteiger partial charge on any atom is -0.340 e. The van der Waals surface area contributed by atoms with Crippen LogP contribution in [-0.4, -0.2) is 47.0 Å². The van der Waals surface area contributed by atoms with Gasteiger partial charge in [-0.15, -0.1) is 0 Å². The monoisotopic (exact) mass is 370 g/mol. The van der Waals surface area contributed by atoms with Crippen molar-refractivity contribution >= 4 is 23.5 Å². The van der Waals surface area contributed by atoms with E-state index in [0.29, 0.717) is 5.69 Å². The Morgan fingerprint density at radius 3 is 2.37 bits per heavy atom. The first-order valence-corrected chi connectivity index (χ1v) is 9.11. The average molecular weight is 370 g/mol. The molecule has 2 aliphatic heterocycles. The Hall–Kier alpha value is -2.87. The zero-order chi connectivity index (χ0) is 18.8. The molecule has 1 atom stereocenters. The van der Waals surface area contributed by atoms with Crippen molar-refractivity contribution in [3.8, 4) is 0 Å². The van der Waals surface area contributed by atoms with Crippen LogP contribution in [0.2, 0.25) is 0 Å². The fraction of sp³-hybridized carbons (Fsp3) is 0.368. The number of carbonyl (C=O) groups excluding carboxylic acids is 2. The van der Waals surface area contributed by atoms with Gasteiger partial charge >= 0.3 is 0 Å². The number of benzene rings is 1. The normalized spacial score (nSPS) is 21.1. The highest BCUT2D eigenvalue weighted by atomic mass is 19.1. The number of piperidine rings is 1. The second-order valence-electron chi connectivity index (χ2n) is 6.92. The van der Waals surface area contributed by atoms with Crippen LogP contribution in [0.1, 0.15) is 19.3 Å². The molecular formula is C19H21FN5O2+. The van der Waals surface area contributed by atoms with Crippen molar-refractivity contribution in [2.24, 2.45) is 0 Å². The Morgan fingerprint density at radius 1 is 1.04 bits per heavy atom. The lowest BCUT2D eigenvalue weighted by atomic mass is 10.0. The molecule has 2 fully saturated rings. The predicted molar refractivity (Wildman–Crippen MR) is 96.5 cm³/mol. The van der Waals surface area contributed by atoms with E-state index in [1.807, 2.05) is 5.32 Å². The molecule has 4 rings (SSSR count). The van der Waals surface area contributed by atoms with E-state index in [4.69, 9.17) is 0 Å². The summed E-state index contributed by atoms with van der Waals surface area (Å²) in [5.74, 6) is -0.121. The molecule has 1 aromatic carbocycles. The fourth-order valence-corrected chi connectivity index (χ4v) is 3.74. The SMILES string of the molecule is O=C1C[C@H]([NH2+]C2CCN(c3ncccn3)CC2)C(=O)N1c1ccc(F)cc1. The number of halogens is 1. The summed E-state index contributed by atoms with van der Waals surface area (Å²) in [6.45, 7) is 1.64. The Labute approximate surface area is 156 Å². The maximum absolute atomic E-state index is 13.1. The molecule has 3 heterocycles. The van der Waals surface area contributed by atoms with E-state index in [-0.39, 0.29) is 24.3 Å². The van der Waals surface area contributed by atoms with Crippen LogP contribution in [0.5, 0.6) is 0 Å². The molecule has 7 nitrogen and oxygen atoms in total. The summed E-state index contributed by atoms with van der Waals surface area (Å²) in [6, 6.07) is 7.10. The quantitative estimate of drug-likeness (QED) is 0.792. The van der Waals surface area contributed by atoms with Gasteiger partial charge in [0.05, 0.1) is 18.2 Å². The largest absolute Gasteiger partial charge is 0.340 e. The average Bonchev–Trinajstić information content (AvgIpc) is 2.97. The number of amides is 2. The molecule has 0 bridgehead atoms. The van der Waals surface area contributed by atoms with Crippen LogP contribution in [0.15, 0.2) is 42.7 Å². The van der Waals surface area contributed by atoms with Gasteiger partial charge in [-0.25, -0.2) is 19.3 Å². The second-order valence-corrected chi connectivity index (χ2v) is 6.92. The number of imide groups is 1.